The van der Waals surface area contributed by atoms with Gasteiger partial charge in [-0.05, 0) is 62.3 Å². The molecule has 0 aliphatic rings. The fourth-order valence-corrected chi connectivity index (χ4v) is 4.48. The van der Waals surface area contributed by atoms with Crippen LogP contribution >= 0.6 is 15.9 Å². The highest BCUT2D eigenvalue weighted by atomic mass is 79.9. The minimum Gasteiger partial charge on any atom is -0.351 e. The van der Waals surface area contributed by atoms with Crippen LogP contribution in [0.15, 0.2) is 21.4 Å². The van der Waals surface area contributed by atoms with Crippen LogP contribution in [0.4, 0.5) is 5.69 Å². The van der Waals surface area contributed by atoms with Crippen molar-refractivity contribution in [2.24, 2.45) is 7.05 Å². The third kappa shape index (κ3) is 4.82. The maximum absolute atomic E-state index is 13.4. The van der Waals surface area contributed by atoms with Crippen molar-refractivity contribution in [2.45, 2.75) is 73.1 Å². The molecule has 0 unspecified atom stereocenters. The van der Waals surface area contributed by atoms with Gasteiger partial charge in [-0.2, -0.15) is 0 Å². The number of halogens is 1. The van der Waals surface area contributed by atoms with Crippen LogP contribution in [-0.4, -0.2) is 10.5 Å². The molecule has 0 atom stereocenters. The van der Waals surface area contributed by atoms with Crippen LogP contribution in [0.5, 0.6) is 0 Å². The van der Waals surface area contributed by atoms with Gasteiger partial charge in [-0.15, -0.1) is 0 Å². The van der Waals surface area contributed by atoms with E-state index in [9.17, 15) is 9.59 Å². The largest absolute Gasteiger partial charge is 0.351 e. The molecule has 0 aliphatic carbocycles. The van der Waals surface area contributed by atoms with Gasteiger partial charge >= 0.3 is 0 Å². The van der Waals surface area contributed by atoms with E-state index in [1.165, 1.54) is 0 Å². The van der Waals surface area contributed by atoms with Gasteiger partial charge in [0.15, 0.2) is 5.43 Å². The predicted molar refractivity (Wildman–Crippen MR) is 125 cm³/mol. The number of anilines is 1. The van der Waals surface area contributed by atoms with Gasteiger partial charge in [0.1, 0.15) is 5.56 Å². The standard InChI is InChI=1S/C24H33BrN2O2/c1-7-11-12-20-21(23(28)19(10-4)15(5)27(20)6)24(29)26-22-16(8-2)13-18(25)14-17(22)9-3/h13-14H,7-12H2,1-6H3,(H,26,29). The van der Waals surface area contributed by atoms with Gasteiger partial charge in [0, 0.05) is 34.2 Å². The van der Waals surface area contributed by atoms with Crippen LogP contribution in [0, 0.1) is 6.92 Å². The Labute approximate surface area is 182 Å². The van der Waals surface area contributed by atoms with Crippen LogP contribution < -0.4 is 10.7 Å². The average Bonchev–Trinajstić information content (AvgIpc) is 2.70. The summed E-state index contributed by atoms with van der Waals surface area (Å²) in [6, 6.07) is 4.08. The molecule has 4 nitrogen and oxygen atoms in total. The molecule has 0 spiro atoms. The van der Waals surface area contributed by atoms with E-state index in [2.05, 4.69) is 42.0 Å². The SMILES string of the molecule is CCCCc1c(C(=O)Nc2c(CC)cc(Br)cc2CC)c(=O)c(CC)c(C)n1C. The van der Waals surface area contributed by atoms with E-state index in [4.69, 9.17) is 0 Å². The summed E-state index contributed by atoms with van der Waals surface area (Å²) >= 11 is 3.56. The Kier molecular flexibility index (Phi) is 8.26. The molecule has 1 heterocycles. The second-order valence-electron chi connectivity index (χ2n) is 7.49. The van der Waals surface area contributed by atoms with Crippen molar-refractivity contribution in [1.29, 1.82) is 0 Å². The van der Waals surface area contributed by atoms with Gasteiger partial charge in [-0.25, -0.2) is 0 Å². The molecule has 0 saturated carbocycles. The monoisotopic (exact) mass is 460 g/mol. The van der Waals surface area contributed by atoms with Crippen molar-refractivity contribution in [3.63, 3.8) is 0 Å². The van der Waals surface area contributed by atoms with Gasteiger partial charge in [-0.3, -0.25) is 9.59 Å². The number of hydrogen-bond acceptors (Lipinski definition) is 2. The number of unbranched alkanes of at least 4 members (excludes halogenated alkanes) is 1. The zero-order valence-electron chi connectivity index (χ0n) is 18.5. The first-order valence-electron chi connectivity index (χ1n) is 10.6. The molecular formula is C24H33BrN2O2. The van der Waals surface area contributed by atoms with E-state index in [0.717, 1.165) is 70.3 Å². The number of rotatable bonds is 8. The van der Waals surface area contributed by atoms with Crippen molar-refractivity contribution in [2.75, 3.05) is 5.32 Å². The smallest absolute Gasteiger partial charge is 0.261 e. The second-order valence-corrected chi connectivity index (χ2v) is 8.41. The molecule has 158 valence electrons. The zero-order valence-corrected chi connectivity index (χ0v) is 20.1. The van der Waals surface area contributed by atoms with Gasteiger partial charge in [-0.1, -0.05) is 50.0 Å². The highest BCUT2D eigenvalue weighted by molar-refractivity contribution is 9.10. The van der Waals surface area contributed by atoms with Crippen LogP contribution in [0.2, 0.25) is 0 Å². The Morgan fingerprint density at radius 3 is 2.14 bits per heavy atom. The number of amides is 1. The highest BCUT2D eigenvalue weighted by Crippen LogP contribution is 2.28. The lowest BCUT2D eigenvalue weighted by Gasteiger charge is -2.21. The molecule has 0 radical (unpaired) electrons. The molecule has 1 amide bonds. The quantitative estimate of drug-likeness (QED) is 0.545. The molecule has 2 rings (SSSR count). The topological polar surface area (TPSA) is 51.1 Å². The molecule has 29 heavy (non-hydrogen) atoms. The van der Waals surface area contributed by atoms with Gasteiger partial charge in [0.2, 0.25) is 0 Å². The fraction of sp³-hybridized carbons (Fsp3) is 0.500. The number of nitrogens with one attached hydrogen (secondary N) is 1. The molecule has 2 aromatic rings. The Bertz CT molecular complexity index is 935. The molecule has 5 heteroatoms. The van der Waals surface area contributed by atoms with E-state index in [-0.39, 0.29) is 11.3 Å². The Balaban J connectivity index is 2.65. The first-order chi connectivity index (χ1) is 13.8. The number of nitrogens with zero attached hydrogens (tertiary/aromatic N) is 1. The summed E-state index contributed by atoms with van der Waals surface area (Å²) in [5.74, 6) is -0.293. The summed E-state index contributed by atoms with van der Waals surface area (Å²) in [4.78, 5) is 26.7. The number of carbonyl (C=O) groups excluding carboxylic acids is 1. The van der Waals surface area contributed by atoms with Gasteiger partial charge in [0.05, 0.1) is 0 Å². The Morgan fingerprint density at radius 2 is 1.66 bits per heavy atom. The first kappa shape index (κ1) is 23.4. The van der Waals surface area contributed by atoms with E-state index in [1.54, 1.807) is 0 Å². The highest BCUT2D eigenvalue weighted by Gasteiger charge is 2.23. The summed E-state index contributed by atoms with van der Waals surface area (Å²) < 4.78 is 3.04. The number of benzene rings is 1. The third-order valence-corrected chi connectivity index (χ3v) is 6.21. The second kappa shape index (κ2) is 10.2. The molecule has 0 bridgehead atoms. The van der Waals surface area contributed by atoms with Crippen LogP contribution in [0.1, 0.15) is 79.0 Å². The Morgan fingerprint density at radius 1 is 1.07 bits per heavy atom. The van der Waals surface area contributed by atoms with Crippen LogP contribution in [0.3, 0.4) is 0 Å². The first-order valence-corrected chi connectivity index (χ1v) is 11.4. The van der Waals surface area contributed by atoms with E-state index >= 15 is 0 Å². The molecule has 1 aromatic carbocycles. The number of carbonyl (C=O) groups is 1. The lowest BCUT2D eigenvalue weighted by molar-refractivity contribution is 0.102. The van der Waals surface area contributed by atoms with Crippen LogP contribution in [0.25, 0.3) is 0 Å². The number of hydrogen-bond donors (Lipinski definition) is 1. The zero-order chi connectivity index (χ0) is 21.7. The summed E-state index contributed by atoms with van der Waals surface area (Å²) in [5, 5.41) is 3.11. The molecule has 1 N–H and O–H groups in total. The summed E-state index contributed by atoms with van der Waals surface area (Å²) in [7, 11) is 1.96. The van der Waals surface area contributed by atoms with E-state index < -0.39 is 0 Å². The van der Waals surface area contributed by atoms with Crippen molar-refractivity contribution in [1.82, 2.24) is 4.57 Å². The van der Waals surface area contributed by atoms with Gasteiger partial charge in [0.25, 0.3) is 5.91 Å². The maximum Gasteiger partial charge on any atom is 0.261 e. The minimum atomic E-state index is -0.293. The van der Waals surface area contributed by atoms with Crippen molar-refractivity contribution >= 4 is 27.5 Å². The number of pyridine rings is 1. The number of aryl methyl sites for hydroxylation is 2. The van der Waals surface area contributed by atoms with Crippen molar-refractivity contribution in [3.05, 3.63) is 60.5 Å². The molecule has 1 aromatic heterocycles. The van der Waals surface area contributed by atoms with Crippen LogP contribution in [-0.2, 0) is 32.7 Å². The predicted octanol–water partition coefficient (Wildman–Crippen LogP) is 5.74. The molecule has 0 aliphatic heterocycles. The molecule has 0 saturated heterocycles. The van der Waals surface area contributed by atoms with Crippen molar-refractivity contribution < 1.29 is 4.79 Å². The summed E-state index contributed by atoms with van der Waals surface area (Å²) in [5.41, 5.74) is 5.66. The minimum absolute atomic E-state index is 0.125. The van der Waals surface area contributed by atoms with Crippen molar-refractivity contribution in [3.8, 4) is 0 Å². The normalized spacial score (nSPS) is 11.0. The third-order valence-electron chi connectivity index (χ3n) is 5.75. The molecule has 0 fully saturated rings. The van der Waals surface area contributed by atoms with E-state index in [1.807, 2.05) is 37.6 Å². The summed E-state index contributed by atoms with van der Waals surface area (Å²) in [6.07, 6.45) is 4.89. The lowest BCUT2D eigenvalue weighted by atomic mass is 9.99. The lowest BCUT2D eigenvalue weighted by Crippen LogP contribution is -2.31. The average molecular weight is 461 g/mol. The number of aromatic nitrogens is 1. The maximum atomic E-state index is 13.4. The van der Waals surface area contributed by atoms with E-state index in [0.29, 0.717) is 12.0 Å². The Hall–Kier alpha value is -1.88. The summed E-state index contributed by atoms with van der Waals surface area (Å²) in [6.45, 7) is 10.2. The molecular weight excluding hydrogens is 428 g/mol. The fourth-order valence-electron chi connectivity index (χ4n) is 3.93. The van der Waals surface area contributed by atoms with Gasteiger partial charge < -0.3 is 9.88 Å².